The Morgan fingerprint density at radius 2 is 1.63 bits per heavy atom. The lowest BCUT2D eigenvalue weighted by atomic mass is 9.99. The molecular formula is C24H18ClNS. The third kappa shape index (κ3) is 2.68. The first kappa shape index (κ1) is 16.6. The Bertz CT molecular complexity index is 1290. The number of H-pyrrole nitrogens is 1. The van der Waals surface area contributed by atoms with Gasteiger partial charge < -0.3 is 4.98 Å². The summed E-state index contributed by atoms with van der Waals surface area (Å²) in [5.41, 5.74) is 7.38. The molecule has 2 aromatic heterocycles. The Morgan fingerprint density at radius 1 is 0.852 bits per heavy atom. The third-order valence-corrected chi connectivity index (χ3v) is 6.70. The molecule has 132 valence electrons. The van der Waals surface area contributed by atoms with Crippen molar-refractivity contribution in [2.45, 2.75) is 13.8 Å². The molecule has 5 rings (SSSR count). The van der Waals surface area contributed by atoms with Crippen LogP contribution in [0.25, 0.3) is 42.7 Å². The first-order valence-corrected chi connectivity index (χ1v) is 10.2. The minimum Gasteiger partial charge on any atom is -0.353 e. The van der Waals surface area contributed by atoms with Gasteiger partial charge in [-0.15, -0.1) is 11.3 Å². The number of thiophene rings is 1. The van der Waals surface area contributed by atoms with E-state index in [1.54, 1.807) is 0 Å². The van der Waals surface area contributed by atoms with E-state index in [0.29, 0.717) is 0 Å². The number of rotatable bonds is 2. The Labute approximate surface area is 167 Å². The molecule has 0 saturated carbocycles. The number of aryl methyl sites for hydroxylation is 2. The Balaban J connectivity index is 1.87. The van der Waals surface area contributed by atoms with Gasteiger partial charge in [-0.3, -0.25) is 0 Å². The van der Waals surface area contributed by atoms with E-state index in [-0.39, 0.29) is 0 Å². The normalized spacial score (nSPS) is 11.5. The van der Waals surface area contributed by atoms with Crippen LogP contribution >= 0.6 is 22.9 Å². The summed E-state index contributed by atoms with van der Waals surface area (Å²) in [5, 5.41) is 3.34. The number of aromatic amines is 1. The number of benzene rings is 3. The summed E-state index contributed by atoms with van der Waals surface area (Å²) in [5.74, 6) is 0. The maximum Gasteiger partial charge on any atom is 0.0649 e. The highest BCUT2D eigenvalue weighted by Crippen LogP contribution is 2.45. The quantitative estimate of drug-likeness (QED) is 0.316. The molecule has 3 heteroatoms. The van der Waals surface area contributed by atoms with E-state index in [1.807, 2.05) is 23.5 Å². The highest BCUT2D eigenvalue weighted by molar-refractivity contribution is 7.22. The fourth-order valence-corrected chi connectivity index (χ4v) is 5.15. The summed E-state index contributed by atoms with van der Waals surface area (Å²) in [6.45, 7) is 4.36. The summed E-state index contributed by atoms with van der Waals surface area (Å²) in [6, 6.07) is 23.4. The second-order valence-electron chi connectivity index (χ2n) is 6.98. The molecule has 0 aliphatic rings. The van der Waals surface area contributed by atoms with Crippen molar-refractivity contribution in [1.29, 1.82) is 0 Å². The maximum absolute atomic E-state index is 6.15. The largest absolute Gasteiger partial charge is 0.353 e. The van der Waals surface area contributed by atoms with Gasteiger partial charge in [-0.1, -0.05) is 53.6 Å². The third-order valence-electron chi connectivity index (χ3n) is 5.16. The number of halogens is 1. The second kappa shape index (κ2) is 6.26. The van der Waals surface area contributed by atoms with Crippen LogP contribution < -0.4 is 0 Å². The van der Waals surface area contributed by atoms with E-state index in [1.165, 1.54) is 48.3 Å². The molecule has 3 aromatic carbocycles. The Morgan fingerprint density at radius 3 is 2.41 bits per heavy atom. The summed E-state index contributed by atoms with van der Waals surface area (Å²) in [6.07, 6.45) is 0. The summed E-state index contributed by atoms with van der Waals surface area (Å²) in [4.78, 5) is 5.00. The van der Waals surface area contributed by atoms with Gasteiger partial charge in [-0.05, 0) is 60.7 Å². The molecule has 0 aliphatic heterocycles. The van der Waals surface area contributed by atoms with Crippen molar-refractivity contribution in [3.05, 3.63) is 82.9 Å². The van der Waals surface area contributed by atoms with Crippen LogP contribution in [0, 0.1) is 13.8 Å². The first-order chi connectivity index (χ1) is 13.1. The minimum atomic E-state index is 0.759. The first-order valence-electron chi connectivity index (χ1n) is 8.98. The average Bonchev–Trinajstić information content (AvgIpc) is 3.20. The predicted molar refractivity (Wildman–Crippen MR) is 119 cm³/mol. The summed E-state index contributed by atoms with van der Waals surface area (Å²) < 4.78 is 1.32. The average molecular weight is 388 g/mol. The molecule has 1 N–H and O–H groups in total. The number of hydrogen-bond donors (Lipinski definition) is 1. The smallest absolute Gasteiger partial charge is 0.0649 e. The van der Waals surface area contributed by atoms with Crippen LogP contribution in [-0.4, -0.2) is 4.98 Å². The Hall–Kier alpha value is -2.55. The molecule has 0 bridgehead atoms. The number of fused-ring (bicyclic) bond motifs is 2. The van der Waals surface area contributed by atoms with Crippen molar-refractivity contribution in [2.75, 3.05) is 0 Å². The molecule has 0 aliphatic carbocycles. The van der Waals surface area contributed by atoms with Crippen molar-refractivity contribution in [3.63, 3.8) is 0 Å². The molecule has 0 atom stereocenters. The molecule has 0 radical (unpaired) electrons. The molecule has 2 heterocycles. The van der Waals surface area contributed by atoms with Crippen molar-refractivity contribution in [3.8, 4) is 21.7 Å². The van der Waals surface area contributed by atoms with Gasteiger partial charge in [0.1, 0.15) is 0 Å². The van der Waals surface area contributed by atoms with E-state index >= 15 is 0 Å². The number of hydrogen-bond acceptors (Lipinski definition) is 1. The van der Waals surface area contributed by atoms with Gasteiger partial charge in [0.2, 0.25) is 0 Å². The standard InChI is InChI=1S/C24H18ClNS/c1-14-7-12-20-19(13-14)22(16-8-10-17(25)11-9-16)23(26-20)24-15(2)18-5-3-4-6-21(18)27-24/h3-13,26H,1-2H3. The topological polar surface area (TPSA) is 15.8 Å². The van der Waals surface area contributed by atoms with E-state index in [2.05, 4.69) is 73.4 Å². The molecule has 0 saturated heterocycles. The number of aromatic nitrogens is 1. The van der Waals surface area contributed by atoms with E-state index in [0.717, 1.165) is 10.5 Å². The SMILES string of the molecule is Cc1ccc2[nH]c(-c3sc4ccccc4c3C)c(-c3ccc(Cl)cc3)c2c1. The molecule has 5 aromatic rings. The van der Waals surface area contributed by atoms with E-state index < -0.39 is 0 Å². The van der Waals surface area contributed by atoms with Crippen LogP contribution in [0.4, 0.5) is 0 Å². The molecule has 1 nitrogen and oxygen atoms in total. The molecule has 27 heavy (non-hydrogen) atoms. The monoisotopic (exact) mass is 387 g/mol. The van der Waals surface area contributed by atoms with Gasteiger partial charge in [0.05, 0.1) is 10.6 Å². The van der Waals surface area contributed by atoms with Crippen molar-refractivity contribution >= 4 is 43.9 Å². The lowest BCUT2D eigenvalue weighted by Gasteiger charge is -2.06. The molecule has 0 unspecified atom stereocenters. The van der Waals surface area contributed by atoms with Gasteiger partial charge in [0.15, 0.2) is 0 Å². The predicted octanol–water partition coefficient (Wildman–Crippen LogP) is 7.99. The van der Waals surface area contributed by atoms with Crippen LogP contribution in [0.1, 0.15) is 11.1 Å². The highest BCUT2D eigenvalue weighted by atomic mass is 35.5. The van der Waals surface area contributed by atoms with Crippen molar-refractivity contribution in [1.82, 2.24) is 4.98 Å². The molecule has 0 fully saturated rings. The number of nitrogens with one attached hydrogen (secondary N) is 1. The van der Waals surface area contributed by atoms with E-state index in [4.69, 9.17) is 11.6 Å². The van der Waals surface area contributed by atoms with Gasteiger partial charge in [0.25, 0.3) is 0 Å². The molecule has 0 amide bonds. The van der Waals surface area contributed by atoms with Crippen molar-refractivity contribution < 1.29 is 0 Å². The maximum atomic E-state index is 6.15. The Kier molecular flexibility index (Phi) is 3.85. The second-order valence-corrected chi connectivity index (χ2v) is 8.47. The van der Waals surface area contributed by atoms with Gasteiger partial charge >= 0.3 is 0 Å². The highest BCUT2D eigenvalue weighted by Gasteiger charge is 2.19. The fraction of sp³-hybridized carbons (Fsp3) is 0.0833. The molecular weight excluding hydrogens is 370 g/mol. The zero-order chi connectivity index (χ0) is 18.5. The minimum absolute atomic E-state index is 0.759. The van der Waals surface area contributed by atoms with E-state index in [9.17, 15) is 0 Å². The van der Waals surface area contributed by atoms with Crippen LogP contribution in [0.2, 0.25) is 5.02 Å². The van der Waals surface area contributed by atoms with Crippen LogP contribution in [-0.2, 0) is 0 Å². The van der Waals surface area contributed by atoms with Gasteiger partial charge in [-0.25, -0.2) is 0 Å². The summed E-state index contributed by atoms with van der Waals surface area (Å²) >= 11 is 8.00. The zero-order valence-electron chi connectivity index (χ0n) is 15.1. The zero-order valence-corrected chi connectivity index (χ0v) is 16.7. The van der Waals surface area contributed by atoms with Crippen LogP contribution in [0.15, 0.2) is 66.7 Å². The van der Waals surface area contributed by atoms with Crippen molar-refractivity contribution in [2.24, 2.45) is 0 Å². The van der Waals surface area contributed by atoms with Gasteiger partial charge in [0, 0.05) is 26.2 Å². The lowest BCUT2D eigenvalue weighted by molar-refractivity contribution is 1.44. The van der Waals surface area contributed by atoms with Crippen LogP contribution in [0.5, 0.6) is 0 Å². The molecule has 0 spiro atoms. The van der Waals surface area contributed by atoms with Crippen LogP contribution in [0.3, 0.4) is 0 Å². The summed E-state index contributed by atoms with van der Waals surface area (Å²) in [7, 11) is 0. The fourth-order valence-electron chi connectivity index (χ4n) is 3.81. The lowest BCUT2D eigenvalue weighted by Crippen LogP contribution is -1.82. The van der Waals surface area contributed by atoms with Gasteiger partial charge in [-0.2, -0.15) is 0 Å².